The molecular formula is C20H24N2O2. The van der Waals surface area contributed by atoms with Crippen LogP contribution in [0.4, 0.5) is 5.69 Å². The zero-order valence-corrected chi connectivity index (χ0v) is 14.2. The highest BCUT2D eigenvalue weighted by molar-refractivity contribution is 5.95. The lowest BCUT2D eigenvalue weighted by molar-refractivity contribution is 0.0260. The van der Waals surface area contributed by atoms with E-state index in [0.29, 0.717) is 18.4 Å². The van der Waals surface area contributed by atoms with Gasteiger partial charge in [0.15, 0.2) is 0 Å². The van der Waals surface area contributed by atoms with Crippen LogP contribution in [0.1, 0.15) is 27.9 Å². The Bertz CT molecular complexity index is 742. The fourth-order valence-electron chi connectivity index (χ4n) is 3.21. The summed E-state index contributed by atoms with van der Waals surface area (Å²) in [5.41, 5.74) is 3.19. The molecule has 24 heavy (non-hydrogen) atoms. The van der Waals surface area contributed by atoms with E-state index in [2.05, 4.69) is 17.4 Å². The Balaban J connectivity index is 1.65. The van der Waals surface area contributed by atoms with Crippen molar-refractivity contribution >= 4 is 11.6 Å². The maximum atomic E-state index is 12.4. The van der Waals surface area contributed by atoms with Crippen LogP contribution in [-0.2, 0) is 12.8 Å². The molecule has 0 unspecified atom stereocenters. The van der Waals surface area contributed by atoms with Gasteiger partial charge in [-0.1, -0.05) is 30.3 Å². The smallest absolute Gasteiger partial charge is 0.251 e. The number of fused-ring (bicyclic) bond motifs is 1. The normalized spacial score (nSPS) is 19.5. The standard InChI is InChI=1S/C20H24N2O2/c1-22(2)18-9-5-8-16(12-18)19(23)21-14-20(24)11-10-15-6-3-4-7-17(15)13-20/h3-9,12,24H,10-11,13-14H2,1-2H3,(H,21,23)/t20-/m0/s1. The molecule has 1 aliphatic rings. The van der Waals surface area contributed by atoms with E-state index < -0.39 is 5.60 Å². The van der Waals surface area contributed by atoms with E-state index in [-0.39, 0.29) is 12.5 Å². The molecule has 0 heterocycles. The van der Waals surface area contributed by atoms with Crippen molar-refractivity contribution in [3.8, 4) is 0 Å². The van der Waals surface area contributed by atoms with Gasteiger partial charge in [-0.25, -0.2) is 0 Å². The highest BCUT2D eigenvalue weighted by atomic mass is 16.3. The van der Waals surface area contributed by atoms with Gasteiger partial charge in [0.25, 0.3) is 5.91 Å². The Kier molecular flexibility index (Phi) is 4.58. The maximum absolute atomic E-state index is 12.4. The molecule has 0 bridgehead atoms. The fraction of sp³-hybridized carbons (Fsp3) is 0.350. The van der Waals surface area contributed by atoms with Crippen molar-refractivity contribution in [1.82, 2.24) is 5.32 Å². The molecule has 1 aliphatic carbocycles. The van der Waals surface area contributed by atoms with Crippen molar-refractivity contribution in [2.75, 3.05) is 25.5 Å². The molecule has 0 aromatic heterocycles. The number of nitrogens with one attached hydrogen (secondary N) is 1. The van der Waals surface area contributed by atoms with Crippen LogP contribution in [0.5, 0.6) is 0 Å². The highest BCUT2D eigenvalue weighted by Crippen LogP contribution is 2.28. The Morgan fingerprint density at radius 3 is 2.67 bits per heavy atom. The Morgan fingerprint density at radius 1 is 1.17 bits per heavy atom. The van der Waals surface area contributed by atoms with Crippen LogP contribution in [0.2, 0.25) is 0 Å². The summed E-state index contributed by atoms with van der Waals surface area (Å²) in [6.07, 6.45) is 2.10. The van der Waals surface area contributed by atoms with Gasteiger partial charge in [-0.05, 0) is 42.2 Å². The van der Waals surface area contributed by atoms with Crippen LogP contribution in [0.25, 0.3) is 0 Å². The molecule has 126 valence electrons. The van der Waals surface area contributed by atoms with Crippen molar-refractivity contribution in [3.63, 3.8) is 0 Å². The predicted octanol–water partition coefficient (Wildman–Crippen LogP) is 2.40. The van der Waals surface area contributed by atoms with Gasteiger partial charge in [-0.2, -0.15) is 0 Å². The number of hydrogen-bond donors (Lipinski definition) is 2. The Morgan fingerprint density at radius 2 is 1.92 bits per heavy atom. The molecule has 2 aromatic rings. The number of anilines is 1. The summed E-state index contributed by atoms with van der Waals surface area (Å²) < 4.78 is 0. The number of benzene rings is 2. The van der Waals surface area contributed by atoms with E-state index in [0.717, 1.165) is 12.1 Å². The lowest BCUT2D eigenvalue weighted by Crippen LogP contribution is -2.46. The van der Waals surface area contributed by atoms with Crippen LogP contribution in [0.3, 0.4) is 0 Å². The molecular weight excluding hydrogens is 300 g/mol. The van der Waals surface area contributed by atoms with Crippen LogP contribution in [0.15, 0.2) is 48.5 Å². The molecule has 3 rings (SSSR count). The van der Waals surface area contributed by atoms with Crippen LogP contribution in [-0.4, -0.2) is 37.3 Å². The summed E-state index contributed by atoms with van der Waals surface area (Å²) >= 11 is 0. The lowest BCUT2D eigenvalue weighted by Gasteiger charge is -2.33. The topological polar surface area (TPSA) is 52.6 Å². The Labute approximate surface area is 143 Å². The minimum absolute atomic E-state index is 0.147. The average molecular weight is 324 g/mol. The number of nitrogens with zero attached hydrogens (tertiary/aromatic N) is 1. The quantitative estimate of drug-likeness (QED) is 0.908. The Hall–Kier alpha value is -2.33. The molecule has 1 atom stereocenters. The average Bonchev–Trinajstić information content (AvgIpc) is 2.59. The summed E-state index contributed by atoms with van der Waals surface area (Å²) in [4.78, 5) is 14.4. The van der Waals surface area contributed by atoms with Crippen LogP contribution >= 0.6 is 0 Å². The summed E-state index contributed by atoms with van der Waals surface area (Å²) in [6, 6.07) is 15.7. The van der Waals surface area contributed by atoms with Crippen molar-refractivity contribution in [2.24, 2.45) is 0 Å². The number of aliphatic hydroxyl groups is 1. The molecule has 2 N–H and O–H groups in total. The summed E-state index contributed by atoms with van der Waals surface area (Å²) in [5, 5.41) is 13.7. The minimum atomic E-state index is -0.872. The van der Waals surface area contributed by atoms with Crippen molar-refractivity contribution in [3.05, 3.63) is 65.2 Å². The van der Waals surface area contributed by atoms with E-state index >= 15 is 0 Å². The first-order valence-corrected chi connectivity index (χ1v) is 8.32. The zero-order valence-electron chi connectivity index (χ0n) is 14.2. The molecule has 4 nitrogen and oxygen atoms in total. The first-order valence-electron chi connectivity index (χ1n) is 8.32. The van der Waals surface area contributed by atoms with Gasteiger partial charge < -0.3 is 15.3 Å². The van der Waals surface area contributed by atoms with Gasteiger partial charge in [0, 0.05) is 38.3 Å². The van der Waals surface area contributed by atoms with E-state index in [1.54, 1.807) is 6.07 Å². The minimum Gasteiger partial charge on any atom is -0.388 e. The number of carbonyl (C=O) groups excluding carboxylic acids is 1. The molecule has 0 saturated carbocycles. The second-order valence-corrected chi connectivity index (χ2v) is 6.80. The molecule has 1 amide bonds. The van der Waals surface area contributed by atoms with E-state index in [9.17, 15) is 9.90 Å². The molecule has 2 aromatic carbocycles. The molecule has 0 radical (unpaired) electrons. The number of carbonyl (C=O) groups is 1. The maximum Gasteiger partial charge on any atom is 0.251 e. The van der Waals surface area contributed by atoms with Crippen molar-refractivity contribution in [2.45, 2.75) is 24.9 Å². The largest absolute Gasteiger partial charge is 0.388 e. The predicted molar refractivity (Wildman–Crippen MR) is 96.5 cm³/mol. The molecule has 0 fully saturated rings. The van der Waals surface area contributed by atoms with Gasteiger partial charge in [0.2, 0.25) is 0 Å². The second kappa shape index (κ2) is 6.65. The van der Waals surface area contributed by atoms with Gasteiger partial charge in [-0.15, -0.1) is 0 Å². The third kappa shape index (κ3) is 3.60. The number of amides is 1. The molecule has 0 aliphatic heterocycles. The summed E-state index contributed by atoms with van der Waals surface area (Å²) in [7, 11) is 3.89. The number of hydrogen-bond acceptors (Lipinski definition) is 3. The second-order valence-electron chi connectivity index (χ2n) is 6.80. The zero-order chi connectivity index (χ0) is 17.2. The SMILES string of the molecule is CN(C)c1cccc(C(=O)NC[C@]2(O)CCc3ccccc3C2)c1. The monoisotopic (exact) mass is 324 g/mol. The summed E-state index contributed by atoms with van der Waals surface area (Å²) in [5.74, 6) is -0.147. The van der Waals surface area contributed by atoms with Gasteiger partial charge >= 0.3 is 0 Å². The number of aryl methyl sites for hydroxylation is 1. The summed E-state index contributed by atoms with van der Waals surface area (Å²) in [6.45, 7) is 0.270. The van der Waals surface area contributed by atoms with Gasteiger partial charge in [-0.3, -0.25) is 4.79 Å². The molecule has 0 saturated heterocycles. The third-order valence-corrected chi connectivity index (χ3v) is 4.70. The first-order chi connectivity index (χ1) is 11.5. The van der Waals surface area contributed by atoms with E-state index in [1.807, 2.05) is 49.3 Å². The first kappa shape index (κ1) is 16.5. The highest BCUT2D eigenvalue weighted by Gasteiger charge is 2.32. The molecule has 4 heteroatoms. The van der Waals surface area contributed by atoms with E-state index in [1.165, 1.54) is 11.1 Å². The van der Waals surface area contributed by atoms with Crippen LogP contribution in [0, 0.1) is 0 Å². The number of rotatable bonds is 4. The van der Waals surface area contributed by atoms with Crippen molar-refractivity contribution < 1.29 is 9.90 Å². The fourth-order valence-corrected chi connectivity index (χ4v) is 3.21. The van der Waals surface area contributed by atoms with Crippen LogP contribution < -0.4 is 10.2 Å². The van der Waals surface area contributed by atoms with Crippen molar-refractivity contribution in [1.29, 1.82) is 0 Å². The third-order valence-electron chi connectivity index (χ3n) is 4.70. The lowest BCUT2D eigenvalue weighted by atomic mass is 9.80. The van der Waals surface area contributed by atoms with Gasteiger partial charge in [0.05, 0.1) is 5.60 Å². The van der Waals surface area contributed by atoms with E-state index in [4.69, 9.17) is 0 Å². The molecule has 0 spiro atoms. The van der Waals surface area contributed by atoms with Gasteiger partial charge in [0.1, 0.15) is 0 Å².